The number of ether oxygens (including phenoxy) is 3. The van der Waals surface area contributed by atoms with Gasteiger partial charge in [0.15, 0.2) is 0 Å². The van der Waals surface area contributed by atoms with Crippen molar-refractivity contribution < 1.29 is 19.0 Å². The summed E-state index contributed by atoms with van der Waals surface area (Å²) in [6, 6.07) is 0. The topological polar surface area (TPSA) is 70.8 Å². The molecule has 2 unspecified atom stereocenters. The molecule has 0 aliphatic carbocycles. The summed E-state index contributed by atoms with van der Waals surface area (Å²) in [4.78, 5) is 11.5. The number of hydrogen-bond donors (Lipinski definition) is 1. The van der Waals surface area contributed by atoms with Crippen LogP contribution in [0.4, 0.5) is 0 Å². The predicted octanol–water partition coefficient (Wildman–Crippen LogP) is 1.49. The van der Waals surface area contributed by atoms with Gasteiger partial charge in [0.25, 0.3) is 0 Å². The first-order valence-corrected chi connectivity index (χ1v) is 6.59. The zero-order valence-electron chi connectivity index (χ0n) is 12.0. The van der Waals surface area contributed by atoms with Crippen LogP contribution in [-0.4, -0.2) is 44.0 Å². The highest BCUT2D eigenvalue weighted by atomic mass is 16.5. The minimum Gasteiger partial charge on any atom is -0.465 e. The maximum Gasteiger partial charge on any atom is 0.325 e. The quantitative estimate of drug-likeness (QED) is 0.476. The molecule has 18 heavy (non-hydrogen) atoms. The molecule has 0 fully saturated rings. The van der Waals surface area contributed by atoms with E-state index >= 15 is 0 Å². The highest BCUT2D eigenvalue weighted by Gasteiger charge is 2.29. The largest absolute Gasteiger partial charge is 0.465 e. The Labute approximate surface area is 110 Å². The molecule has 0 aromatic heterocycles. The number of carbonyl (C=O) groups excluding carboxylic acids is 1. The minimum absolute atomic E-state index is 0.0663. The Kier molecular flexibility index (Phi) is 8.97. The summed E-state index contributed by atoms with van der Waals surface area (Å²) in [5, 5.41) is 0. The highest BCUT2D eigenvalue weighted by Crippen LogP contribution is 2.11. The lowest BCUT2D eigenvalue weighted by Crippen LogP contribution is -2.46. The zero-order valence-corrected chi connectivity index (χ0v) is 12.0. The number of esters is 1. The van der Waals surface area contributed by atoms with Crippen LogP contribution in [-0.2, 0) is 19.0 Å². The van der Waals surface area contributed by atoms with Crippen LogP contribution >= 0.6 is 0 Å². The van der Waals surface area contributed by atoms with Gasteiger partial charge in [0, 0.05) is 13.2 Å². The fraction of sp³-hybridized carbons (Fsp3) is 0.923. The molecule has 0 rings (SSSR count). The average Bonchev–Trinajstić information content (AvgIpc) is 2.32. The van der Waals surface area contributed by atoms with Crippen LogP contribution in [0, 0.1) is 0 Å². The van der Waals surface area contributed by atoms with Crippen molar-refractivity contribution in [3.8, 4) is 0 Å². The van der Waals surface area contributed by atoms with Crippen LogP contribution in [0.25, 0.3) is 0 Å². The monoisotopic (exact) mass is 261 g/mol. The van der Waals surface area contributed by atoms with E-state index in [1.165, 1.54) is 0 Å². The molecule has 2 N–H and O–H groups in total. The van der Waals surface area contributed by atoms with Crippen LogP contribution in [0.15, 0.2) is 0 Å². The van der Waals surface area contributed by atoms with Gasteiger partial charge < -0.3 is 19.9 Å². The Morgan fingerprint density at radius 1 is 1.33 bits per heavy atom. The van der Waals surface area contributed by atoms with E-state index in [-0.39, 0.29) is 12.1 Å². The first-order chi connectivity index (χ1) is 8.44. The molecule has 5 nitrogen and oxygen atoms in total. The van der Waals surface area contributed by atoms with E-state index in [0.29, 0.717) is 32.8 Å². The van der Waals surface area contributed by atoms with Gasteiger partial charge >= 0.3 is 5.97 Å². The Balaban J connectivity index is 3.73. The number of hydrogen-bond acceptors (Lipinski definition) is 5. The summed E-state index contributed by atoms with van der Waals surface area (Å²) in [5.74, 6) is -0.354. The Bertz CT molecular complexity index is 231. The first-order valence-electron chi connectivity index (χ1n) is 6.59. The fourth-order valence-electron chi connectivity index (χ4n) is 1.45. The Hall–Kier alpha value is -0.650. The van der Waals surface area contributed by atoms with E-state index in [2.05, 4.69) is 0 Å². The third kappa shape index (κ3) is 7.63. The highest BCUT2D eigenvalue weighted by molar-refractivity contribution is 5.79. The van der Waals surface area contributed by atoms with Crippen molar-refractivity contribution in [3.63, 3.8) is 0 Å². The molecule has 0 spiro atoms. The van der Waals surface area contributed by atoms with E-state index in [1.54, 1.807) is 13.8 Å². The summed E-state index contributed by atoms with van der Waals surface area (Å²) in [6.45, 7) is 9.58. The lowest BCUT2D eigenvalue weighted by atomic mass is 9.98. The second-order valence-electron chi connectivity index (χ2n) is 4.58. The van der Waals surface area contributed by atoms with Gasteiger partial charge in [-0.1, -0.05) is 0 Å². The standard InChI is InChI=1S/C13H27NO4/c1-5-16-10-11(3)18-9-7-8-13(4,14)12(15)17-6-2/h11H,5-10,14H2,1-4H3. The molecule has 0 aromatic rings. The van der Waals surface area contributed by atoms with Crippen LogP contribution in [0.5, 0.6) is 0 Å². The normalized spacial score (nSPS) is 16.1. The second-order valence-corrected chi connectivity index (χ2v) is 4.58. The van der Waals surface area contributed by atoms with E-state index in [0.717, 1.165) is 6.42 Å². The predicted molar refractivity (Wildman–Crippen MR) is 70.4 cm³/mol. The number of carbonyl (C=O) groups is 1. The smallest absolute Gasteiger partial charge is 0.325 e. The molecule has 0 bridgehead atoms. The van der Waals surface area contributed by atoms with Crippen molar-refractivity contribution >= 4 is 5.97 Å². The SMILES string of the molecule is CCOCC(C)OCCCC(C)(N)C(=O)OCC. The van der Waals surface area contributed by atoms with Crippen molar-refractivity contribution in [1.29, 1.82) is 0 Å². The van der Waals surface area contributed by atoms with Crippen LogP contribution in [0.3, 0.4) is 0 Å². The molecular weight excluding hydrogens is 234 g/mol. The average molecular weight is 261 g/mol. The van der Waals surface area contributed by atoms with E-state index < -0.39 is 5.54 Å². The summed E-state index contributed by atoms with van der Waals surface area (Å²) >= 11 is 0. The molecule has 0 saturated carbocycles. The Morgan fingerprint density at radius 3 is 2.56 bits per heavy atom. The molecular formula is C13H27NO4. The maximum atomic E-state index is 11.5. The zero-order chi connectivity index (χ0) is 14.0. The molecule has 2 atom stereocenters. The lowest BCUT2D eigenvalue weighted by Gasteiger charge is -2.22. The molecule has 0 aliphatic heterocycles. The van der Waals surface area contributed by atoms with Gasteiger partial charge in [-0.05, 0) is 40.5 Å². The van der Waals surface area contributed by atoms with E-state index in [4.69, 9.17) is 19.9 Å². The molecule has 108 valence electrons. The van der Waals surface area contributed by atoms with Crippen LogP contribution in [0.1, 0.15) is 40.5 Å². The first kappa shape index (κ1) is 17.4. The van der Waals surface area contributed by atoms with Crippen LogP contribution in [0.2, 0.25) is 0 Å². The van der Waals surface area contributed by atoms with Crippen molar-refractivity contribution in [3.05, 3.63) is 0 Å². The molecule has 0 radical (unpaired) electrons. The van der Waals surface area contributed by atoms with Gasteiger partial charge in [-0.25, -0.2) is 0 Å². The van der Waals surface area contributed by atoms with Gasteiger partial charge in [0.2, 0.25) is 0 Å². The summed E-state index contributed by atoms with van der Waals surface area (Å²) in [6.07, 6.45) is 1.34. The Morgan fingerprint density at radius 2 is 2.00 bits per heavy atom. The molecule has 0 aromatic carbocycles. The lowest BCUT2D eigenvalue weighted by molar-refractivity contribution is -0.149. The van der Waals surface area contributed by atoms with Gasteiger partial charge in [-0.2, -0.15) is 0 Å². The molecule has 0 aliphatic rings. The van der Waals surface area contributed by atoms with Crippen LogP contribution < -0.4 is 5.73 Å². The third-order valence-corrected chi connectivity index (χ3v) is 2.54. The van der Waals surface area contributed by atoms with Crippen molar-refractivity contribution in [2.24, 2.45) is 5.73 Å². The summed E-state index contributed by atoms with van der Waals surface area (Å²) < 4.78 is 15.7. The van der Waals surface area contributed by atoms with Gasteiger partial charge in [0.1, 0.15) is 5.54 Å². The van der Waals surface area contributed by atoms with Gasteiger partial charge in [-0.15, -0.1) is 0 Å². The molecule has 0 amide bonds. The minimum atomic E-state index is -0.928. The van der Waals surface area contributed by atoms with Gasteiger partial charge in [-0.3, -0.25) is 4.79 Å². The third-order valence-electron chi connectivity index (χ3n) is 2.54. The second kappa shape index (κ2) is 9.30. The molecule has 0 saturated heterocycles. The van der Waals surface area contributed by atoms with Crippen molar-refractivity contribution in [2.75, 3.05) is 26.4 Å². The number of nitrogens with two attached hydrogens (primary N) is 1. The fourth-order valence-corrected chi connectivity index (χ4v) is 1.45. The van der Waals surface area contributed by atoms with Gasteiger partial charge in [0.05, 0.1) is 19.3 Å². The molecule has 0 heterocycles. The van der Waals surface area contributed by atoms with Crippen molar-refractivity contribution in [1.82, 2.24) is 0 Å². The molecule has 5 heteroatoms. The van der Waals surface area contributed by atoms with Crippen molar-refractivity contribution in [2.45, 2.75) is 52.2 Å². The summed E-state index contributed by atoms with van der Waals surface area (Å²) in [7, 11) is 0. The van der Waals surface area contributed by atoms with E-state index in [9.17, 15) is 4.79 Å². The van der Waals surface area contributed by atoms with E-state index in [1.807, 2.05) is 13.8 Å². The summed E-state index contributed by atoms with van der Waals surface area (Å²) in [5.41, 5.74) is 4.96. The maximum absolute atomic E-state index is 11.5. The number of rotatable bonds is 10.